The van der Waals surface area contributed by atoms with Gasteiger partial charge in [-0.2, -0.15) is 0 Å². The van der Waals surface area contributed by atoms with E-state index in [-0.39, 0.29) is 6.23 Å². The number of hydrogen-bond acceptors (Lipinski definition) is 3. The highest BCUT2D eigenvalue weighted by atomic mass is 16.5. The zero-order valence-electron chi connectivity index (χ0n) is 10.4. The third-order valence-corrected chi connectivity index (χ3v) is 3.57. The first kappa shape index (κ1) is 10.7. The van der Waals surface area contributed by atoms with Gasteiger partial charge in [0.2, 0.25) is 0 Å². The maximum atomic E-state index is 5.92. The first-order valence-corrected chi connectivity index (χ1v) is 6.43. The number of fused-ring (bicyclic) bond motifs is 2. The van der Waals surface area contributed by atoms with E-state index in [9.17, 15) is 0 Å². The summed E-state index contributed by atoms with van der Waals surface area (Å²) in [5, 5.41) is 8.46. The highest BCUT2D eigenvalue weighted by Gasteiger charge is 2.24. The molecule has 0 saturated carbocycles. The Kier molecular flexibility index (Phi) is 2.35. The fourth-order valence-corrected chi connectivity index (χ4v) is 2.64. The number of benzene rings is 2. The Balaban J connectivity index is 1.90. The van der Waals surface area contributed by atoms with Crippen molar-refractivity contribution in [2.75, 3.05) is 6.61 Å². The average Bonchev–Trinajstić information content (AvgIpc) is 2.90. The maximum absolute atomic E-state index is 5.92. The van der Waals surface area contributed by atoms with E-state index in [1.54, 1.807) is 0 Å². The van der Waals surface area contributed by atoms with Gasteiger partial charge in [-0.25, -0.2) is 4.68 Å². The summed E-state index contributed by atoms with van der Waals surface area (Å²) in [5.74, 6) is 0. The first-order valence-electron chi connectivity index (χ1n) is 6.43. The number of aromatic nitrogens is 3. The Morgan fingerprint density at radius 1 is 1.05 bits per heavy atom. The number of hydrogen-bond donors (Lipinski definition) is 0. The van der Waals surface area contributed by atoms with Crippen molar-refractivity contribution < 1.29 is 4.74 Å². The summed E-state index contributed by atoms with van der Waals surface area (Å²) in [6.07, 6.45) is 0.789. The summed E-state index contributed by atoms with van der Waals surface area (Å²) in [4.78, 5) is 0. The van der Waals surface area contributed by atoms with E-state index < -0.39 is 0 Å². The molecule has 1 aliphatic heterocycles. The van der Waals surface area contributed by atoms with Crippen molar-refractivity contribution in [2.45, 2.75) is 12.6 Å². The lowest BCUT2D eigenvalue weighted by Crippen LogP contribution is -2.23. The number of para-hydroxylation sites is 1. The van der Waals surface area contributed by atoms with Crippen molar-refractivity contribution in [3.63, 3.8) is 0 Å². The summed E-state index contributed by atoms with van der Waals surface area (Å²) < 4.78 is 7.79. The van der Waals surface area contributed by atoms with Crippen LogP contribution in [0.5, 0.6) is 0 Å². The molecule has 0 radical (unpaired) electrons. The Hall–Kier alpha value is -2.20. The summed E-state index contributed by atoms with van der Waals surface area (Å²) in [6.45, 7) is 0.718. The van der Waals surface area contributed by atoms with Gasteiger partial charge in [-0.05, 0) is 24.1 Å². The molecule has 94 valence electrons. The lowest BCUT2D eigenvalue weighted by atomic mass is 10.0. The van der Waals surface area contributed by atoms with Crippen LogP contribution in [0.1, 0.15) is 17.4 Å². The van der Waals surface area contributed by atoms with Crippen LogP contribution in [0.4, 0.5) is 0 Å². The van der Waals surface area contributed by atoms with Crippen molar-refractivity contribution in [3.8, 4) is 0 Å². The van der Waals surface area contributed by atoms with E-state index >= 15 is 0 Å². The van der Waals surface area contributed by atoms with Gasteiger partial charge in [-0.1, -0.05) is 41.6 Å². The van der Waals surface area contributed by atoms with Crippen LogP contribution in [0.3, 0.4) is 0 Å². The van der Waals surface area contributed by atoms with Gasteiger partial charge in [0.1, 0.15) is 5.52 Å². The van der Waals surface area contributed by atoms with Crippen LogP contribution in [0.2, 0.25) is 0 Å². The van der Waals surface area contributed by atoms with Crippen molar-refractivity contribution >= 4 is 11.0 Å². The SMILES string of the molecule is c1ccc2c(c1)CCOC2n1nnc2ccccc21. The minimum atomic E-state index is -0.169. The summed E-state index contributed by atoms with van der Waals surface area (Å²) in [6, 6.07) is 16.3. The molecule has 0 aliphatic carbocycles. The monoisotopic (exact) mass is 251 g/mol. The van der Waals surface area contributed by atoms with E-state index in [0.717, 1.165) is 24.1 Å². The molecule has 0 fully saturated rings. The molecule has 0 N–H and O–H groups in total. The van der Waals surface area contributed by atoms with Crippen LogP contribution in [0.15, 0.2) is 48.5 Å². The molecule has 4 rings (SSSR count). The molecular formula is C15H13N3O. The largest absolute Gasteiger partial charge is 0.352 e. The molecule has 1 atom stereocenters. The summed E-state index contributed by atoms with van der Waals surface area (Å²) in [7, 11) is 0. The molecule has 0 spiro atoms. The molecule has 4 heteroatoms. The molecule has 2 aromatic carbocycles. The fourth-order valence-electron chi connectivity index (χ4n) is 2.64. The second-order valence-electron chi connectivity index (χ2n) is 4.69. The topological polar surface area (TPSA) is 39.9 Å². The van der Waals surface area contributed by atoms with Crippen LogP contribution >= 0.6 is 0 Å². The third kappa shape index (κ3) is 1.64. The van der Waals surface area contributed by atoms with E-state index in [1.165, 1.54) is 11.1 Å². The van der Waals surface area contributed by atoms with Crippen molar-refractivity contribution in [1.29, 1.82) is 0 Å². The van der Waals surface area contributed by atoms with Crippen LogP contribution in [-0.4, -0.2) is 21.6 Å². The van der Waals surface area contributed by atoms with Crippen LogP contribution in [0, 0.1) is 0 Å². The first-order chi connectivity index (χ1) is 9.43. The smallest absolute Gasteiger partial charge is 0.178 e. The molecule has 2 heterocycles. The van der Waals surface area contributed by atoms with Crippen LogP contribution in [-0.2, 0) is 11.2 Å². The van der Waals surface area contributed by atoms with Gasteiger partial charge in [-0.15, -0.1) is 5.10 Å². The van der Waals surface area contributed by atoms with Gasteiger partial charge in [0.15, 0.2) is 6.23 Å². The van der Waals surface area contributed by atoms with Crippen LogP contribution in [0.25, 0.3) is 11.0 Å². The zero-order chi connectivity index (χ0) is 12.7. The molecule has 1 aliphatic rings. The third-order valence-electron chi connectivity index (χ3n) is 3.57. The summed E-state index contributed by atoms with van der Waals surface area (Å²) >= 11 is 0. The van der Waals surface area contributed by atoms with Crippen LogP contribution < -0.4 is 0 Å². The Labute approximate surface area is 110 Å². The Morgan fingerprint density at radius 3 is 2.89 bits per heavy atom. The van der Waals surface area contributed by atoms with Gasteiger partial charge >= 0.3 is 0 Å². The standard InChI is InChI=1S/C15H13N3O/c1-2-6-12-11(5-1)9-10-19-15(12)18-14-8-4-3-7-13(14)16-17-18/h1-8,15H,9-10H2. The second-order valence-corrected chi connectivity index (χ2v) is 4.69. The Morgan fingerprint density at radius 2 is 1.89 bits per heavy atom. The molecule has 0 amide bonds. The molecular weight excluding hydrogens is 238 g/mol. The predicted molar refractivity (Wildman–Crippen MR) is 71.8 cm³/mol. The van der Waals surface area contributed by atoms with Gasteiger partial charge in [0, 0.05) is 5.56 Å². The predicted octanol–water partition coefficient (Wildman–Crippen LogP) is 2.55. The average molecular weight is 251 g/mol. The van der Waals surface area contributed by atoms with E-state index in [4.69, 9.17) is 4.74 Å². The van der Waals surface area contributed by atoms with Gasteiger partial charge < -0.3 is 4.74 Å². The van der Waals surface area contributed by atoms with E-state index in [1.807, 2.05) is 35.0 Å². The van der Waals surface area contributed by atoms with Crippen molar-refractivity contribution in [3.05, 3.63) is 59.7 Å². The number of ether oxygens (including phenoxy) is 1. The molecule has 1 unspecified atom stereocenters. The maximum Gasteiger partial charge on any atom is 0.178 e. The lowest BCUT2D eigenvalue weighted by Gasteiger charge is -2.26. The van der Waals surface area contributed by atoms with Crippen molar-refractivity contribution in [1.82, 2.24) is 15.0 Å². The highest BCUT2D eigenvalue weighted by molar-refractivity contribution is 5.74. The van der Waals surface area contributed by atoms with E-state index in [2.05, 4.69) is 28.5 Å². The molecule has 3 aromatic rings. The second kappa shape index (κ2) is 4.17. The molecule has 1 aromatic heterocycles. The lowest BCUT2D eigenvalue weighted by molar-refractivity contribution is 0.0157. The number of nitrogens with zero attached hydrogens (tertiary/aromatic N) is 3. The highest BCUT2D eigenvalue weighted by Crippen LogP contribution is 2.29. The Bertz CT molecular complexity index is 735. The molecule has 4 nitrogen and oxygen atoms in total. The molecule has 0 saturated heterocycles. The zero-order valence-corrected chi connectivity index (χ0v) is 10.4. The molecule has 19 heavy (non-hydrogen) atoms. The normalized spacial score (nSPS) is 18.4. The number of rotatable bonds is 1. The summed E-state index contributed by atoms with van der Waals surface area (Å²) in [5.41, 5.74) is 4.42. The van der Waals surface area contributed by atoms with Gasteiger partial charge in [0.25, 0.3) is 0 Å². The minimum Gasteiger partial charge on any atom is -0.352 e. The quantitative estimate of drug-likeness (QED) is 0.667. The van der Waals surface area contributed by atoms with Crippen molar-refractivity contribution in [2.24, 2.45) is 0 Å². The minimum absolute atomic E-state index is 0.169. The fraction of sp³-hybridized carbons (Fsp3) is 0.200. The van der Waals surface area contributed by atoms with Gasteiger partial charge in [0.05, 0.1) is 12.1 Å². The molecule has 0 bridgehead atoms. The van der Waals surface area contributed by atoms with E-state index in [0.29, 0.717) is 0 Å². The van der Waals surface area contributed by atoms with Gasteiger partial charge in [-0.3, -0.25) is 0 Å².